The van der Waals surface area contributed by atoms with E-state index in [-0.39, 0.29) is 28.7 Å². The van der Waals surface area contributed by atoms with Crippen LogP contribution in [0.2, 0.25) is 0 Å². The van der Waals surface area contributed by atoms with E-state index in [0.29, 0.717) is 12.1 Å². The zero-order valence-electron chi connectivity index (χ0n) is 19.2. The molecule has 8 heteroatoms. The standard InChI is InChI=1S/C26H24N4O2S2/c1-15-8-9-33-25(15)23-11-20-24(26(32)29-14-18-13-27-16(2)12-28-18)21(31)10-17(3)30(20)19-6-4-5-7-22(19)34-23/h4-10,12-13,23H,11,14H2,1-3H3,(H,29,32). The van der Waals surface area contributed by atoms with Crippen LogP contribution in [0.5, 0.6) is 0 Å². The largest absolute Gasteiger partial charge is 0.346 e. The lowest BCUT2D eigenvalue weighted by Gasteiger charge is -2.20. The van der Waals surface area contributed by atoms with E-state index in [1.807, 2.05) is 26.0 Å². The maximum Gasteiger partial charge on any atom is 0.257 e. The Morgan fingerprint density at radius 3 is 2.71 bits per heavy atom. The van der Waals surface area contributed by atoms with Crippen molar-refractivity contribution in [2.24, 2.45) is 0 Å². The molecule has 6 nitrogen and oxygen atoms in total. The van der Waals surface area contributed by atoms with E-state index in [1.165, 1.54) is 10.4 Å². The van der Waals surface area contributed by atoms with Gasteiger partial charge in [0.25, 0.3) is 5.91 Å². The summed E-state index contributed by atoms with van der Waals surface area (Å²) in [5, 5.41) is 5.09. The molecule has 0 spiro atoms. The van der Waals surface area contributed by atoms with Crippen molar-refractivity contribution in [3.63, 3.8) is 0 Å². The summed E-state index contributed by atoms with van der Waals surface area (Å²) in [6.07, 6.45) is 3.88. The molecular formula is C26H24N4O2S2. The molecule has 0 fully saturated rings. The van der Waals surface area contributed by atoms with Crippen molar-refractivity contribution in [2.45, 2.75) is 43.9 Å². The first-order valence-electron chi connectivity index (χ1n) is 11.0. The second-order valence-electron chi connectivity index (χ2n) is 8.39. The van der Waals surface area contributed by atoms with Gasteiger partial charge in [-0.05, 0) is 49.9 Å². The number of aromatic nitrogens is 3. The Morgan fingerprint density at radius 2 is 1.97 bits per heavy atom. The molecule has 4 aromatic rings. The Balaban J connectivity index is 1.61. The summed E-state index contributed by atoms with van der Waals surface area (Å²) >= 11 is 3.51. The van der Waals surface area contributed by atoms with Crippen molar-refractivity contribution in [1.29, 1.82) is 0 Å². The second-order valence-corrected chi connectivity index (χ2v) is 10.6. The highest BCUT2D eigenvalue weighted by Crippen LogP contribution is 2.46. The van der Waals surface area contributed by atoms with Gasteiger partial charge in [0.1, 0.15) is 5.56 Å². The fraction of sp³-hybridized carbons (Fsp3) is 0.231. The number of carbonyl (C=O) groups is 1. The summed E-state index contributed by atoms with van der Waals surface area (Å²) in [4.78, 5) is 37.5. The fourth-order valence-electron chi connectivity index (χ4n) is 4.31. The molecule has 4 heterocycles. The van der Waals surface area contributed by atoms with Gasteiger partial charge in [0.15, 0.2) is 5.43 Å². The molecule has 3 aromatic heterocycles. The van der Waals surface area contributed by atoms with Crippen LogP contribution < -0.4 is 10.7 Å². The number of nitrogens with zero attached hydrogens (tertiary/aromatic N) is 3. The SMILES string of the molecule is Cc1cnc(CNC(=O)c2c3n(c(C)cc2=O)-c2ccccc2SC(c2sccc2C)C3)cn1. The topological polar surface area (TPSA) is 76.9 Å². The Morgan fingerprint density at radius 1 is 1.15 bits per heavy atom. The molecule has 34 heavy (non-hydrogen) atoms. The van der Waals surface area contributed by atoms with Crippen LogP contribution in [0, 0.1) is 20.8 Å². The van der Waals surface area contributed by atoms with Gasteiger partial charge in [-0.2, -0.15) is 0 Å². The first kappa shape index (κ1) is 22.6. The van der Waals surface area contributed by atoms with Crippen LogP contribution in [-0.2, 0) is 13.0 Å². The van der Waals surface area contributed by atoms with Crippen LogP contribution in [0.4, 0.5) is 0 Å². The number of thioether (sulfide) groups is 1. The van der Waals surface area contributed by atoms with Crippen LogP contribution in [0.1, 0.15) is 48.8 Å². The maximum absolute atomic E-state index is 13.4. The minimum atomic E-state index is -0.387. The molecule has 5 rings (SSSR count). The number of thiophene rings is 1. The van der Waals surface area contributed by atoms with Crippen molar-refractivity contribution >= 4 is 29.0 Å². The molecule has 1 N–H and O–H groups in total. The van der Waals surface area contributed by atoms with Gasteiger partial charge in [-0.1, -0.05) is 12.1 Å². The zero-order valence-corrected chi connectivity index (χ0v) is 20.8. The smallest absolute Gasteiger partial charge is 0.257 e. The number of nitrogens with one attached hydrogen (secondary N) is 1. The number of para-hydroxylation sites is 1. The molecule has 1 atom stereocenters. The summed E-state index contributed by atoms with van der Waals surface area (Å²) in [6.45, 7) is 6.10. The lowest BCUT2D eigenvalue weighted by atomic mass is 10.0. The van der Waals surface area contributed by atoms with E-state index in [1.54, 1.807) is 41.6 Å². The average Bonchev–Trinajstić information content (AvgIpc) is 3.16. The fourth-order valence-corrected chi connectivity index (χ4v) is 6.80. The van der Waals surface area contributed by atoms with Crippen LogP contribution in [0.25, 0.3) is 5.69 Å². The lowest BCUT2D eigenvalue weighted by molar-refractivity contribution is 0.0947. The Hall–Kier alpha value is -3.23. The monoisotopic (exact) mass is 488 g/mol. The van der Waals surface area contributed by atoms with Crippen molar-refractivity contribution in [3.05, 3.63) is 103 Å². The molecule has 1 unspecified atom stereocenters. The maximum atomic E-state index is 13.4. The van der Waals surface area contributed by atoms with Gasteiger partial charge < -0.3 is 9.88 Å². The Kier molecular flexibility index (Phi) is 6.10. The summed E-state index contributed by atoms with van der Waals surface area (Å²) < 4.78 is 2.08. The summed E-state index contributed by atoms with van der Waals surface area (Å²) in [5.74, 6) is -0.387. The highest BCUT2D eigenvalue weighted by molar-refractivity contribution is 7.99. The predicted octanol–water partition coefficient (Wildman–Crippen LogP) is 4.93. The van der Waals surface area contributed by atoms with Crippen LogP contribution in [-0.4, -0.2) is 20.4 Å². The molecule has 0 bridgehead atoms. The van der Waals surface area contributed by atoms with E-state index >= 15 is 0 Å². The summed E-state index contributed by atoms with van der Waals surface area (Å²) in [7, 11) is 0. The third-order valence-corrected chi connectivity index (χ3v) is 8.51. The molecule has 1 aliphatic heterocycles. The van der Waals surface area contributed by atoms with Gasteiger partial charge in [0.2, 0.25) is 0 Å². The summed E-state index contributed by atoms with van der Waals surface area (Å²) in [5.41, 5.74) is 5.17. The van der Waals surface area contributed by atoms with Gasteiger partial charge in [-0.25, -0.2) is 0 Å². The number of pyridine rings is 1. The predicted molar refractivity (Wildman–Crippen MR) is 136 cm³/mol. The van der Waals surface area contributed by atoms with Crippen molar-refractivity contribution in [2.75, 3.05) is 0 Å². The molecule has 0 saturated carbocycles. The van der Waals surface area contributed by atoms with Crippen LogP contribution in [0.3, 0.4) is 0 Å². The molecule has 1 amide bonds. The molecule has 172 valence electrons. The van der Waals surface area contributed by atoms with Crippen LogP contribution in [0.15, 0.2) is 63.9 Å². The molecule has 0 aliphatic carbocycles. The van der Waals surface area contributed by atoms with Gasteiger partial charge >= 0.3 is 0 Å². The van der Waals surface area contributed by atoms with E-state index in [4.69, 9.17) is 0 Å². The van der Waals surface area contributed by atoms with E-state index < -0.39 is 0 Å². The number of aryl methyl sites for hydroxylation is 3. The normalized spacial score (nSPS) is 14.7. The van der Waals surface area contributed by atoms with Gasteiger partial charge in [0, 0.05) is 45.1 Å². The number of benzene rings is 1. The number of hydrogen-bond donors (Lipinski definition) is 1. The first-order valence-corrected chi connectivity index (χ1v) is 12.8. The summed E-state index contributed by atoms with van der Waals surface area (Å²) in [6, 6.07) is 11.9. The minimum Gasteiger partial charge on any atom is -0.346 e. The van der Waals surface area contributed by atoms with E-state index in [9.17, 15) is 9.59 Å². The number of carbonyl (C=O) groups excluding carboxylic acids is 1. The van der Waals surface area contributed by atoms with Crippen molar-refractivity contribution < 1.29 is 4.79 Å². The Labute approximate surface area is 206 Å². The third-order valence-electron chi connectivity index (χ3n) is 5.94. The average molecular weight is 489 g/mol. The molecule has 0 saturated heterocycles. The molecule has 0 radical (unpaired) electrons. The van der Waals surface area contributed by atoms with Gasteiger partial charge in [-0.15, -0.1) is 23.1 Å². The zero-order chi connectivity index (χ0) is 23.8. The minimum absolute atomic E-state index is 0.102. The highest BCUT2D eigenvalue weighted by atomic mass is 32.2. The molecule has 1 aliphatic rings. The lowest BCUT2D eigenvalue weighted by Crippen LogP contribution is -2.32. The highest BCUT2D eigenvalue weighted by Gasteiger charge is 2.30. The van der Waals surface area contributed by atoms with E-state index in [2.05, 4.69) is 50.4 Å². The Bertz CT molecular complexity index is 1440. The number of rotatable bonds is 4. The number of fused-ring (bicyclic) bond motifs is 3. The number of hydrogen-bond acceptors (Lipinski definition) is 6. The van der Waals surface area contributed by atoms with Gasteiger partial charge in [0.05, 0.1) is 29.8 Å². The van der Waals surface area contributed by atoms with E-state index in [0.717, 1.165) is 27.7 Å². The molecule has 1 aromatic carbocycles. The number of amides is 1. The second kappa shape index (κ2) is 9.19. The first-order chi connectivity index (χ1) is 16.4. The van der Waals surface area contributed by atoms with Crippen molar-refractivity contribution in [3.8, 4) is 5.69 Å². The quantitative estimate of drug-likeness (QED) is 0.441. The molecular weight excluding hydrogens is 464 g/mol. The van der Waals surface area contributed by atoms with Crippen molar-refractivity contribution in [1.82, 2.24) is 19.9 Å². The third kappa shape index (κ3) is 4.19. The van der Waals surface area contributed by atoms with Gasteiger partial charge in [-0.3, -0.25) is 19.6 Å². The van der Waals surface area contributed by atoms with Crippen LogP contribution >= 0.6 is 23.1 Å².